The van der Waals surface area contributed by atoms with E-state index < -0.39 is 30.4 Å². The van der Waals surface area contributed by atoms with Gasteiger partial charge in [0.2, 0.25) is 0 Å². The quantitative estimate of drug-likeness (QED) is 0.467. The highest BCUT2D eigenvalue weighted by atomic mass is 32.1. The number of carbonyl (C=O) groups excluding carboxylic acids is 4. The Labute approximate surface area is 194 Å². The second kappa shape index (κ2) is 11.6. The number of ether oxygens (including phenoxy) is 2. The third kappa shape index (κ3) is 6.75. The molecule has 1 aromatic heterocycles. The lowest BCUT2D eigenvalue weighted by Crippen LogP contribution is -2.32. The summed E-state index contributed by atoms with van der Waals surface area (Å²) >= 11 is 1.19. The third-order valence-corrected chi connectivity index (χ3v) is 5.48. The van der Waals surface area contributed by atoms with E-state index in [1.54, 1.807) is 43.3 Å². The monoisotopic (exact) mass is 466 g/mol. The maximum Gasteiger partial charge on any atom is 0.350 e. The fourth-order valence-electron chi connectivity index (χ4n) is 2.80. The lowest BCUT2D eigenvalue weighted by atomic mass is 10.2. The van der Waals surface area contributed by atoms with Crippen molar-refractivity contribution in [2.24, 2.45) is 0 Å². The minimum absolute atomic E-state index is 0.192. The molecular weight excluding hydrogens is 444 g/mol. The summed E-state index contributed by atoms with van der Waals surface area (Å²) < 4.78 is 10.0. The Bertz CT molecular complexity index is 1130. The van der Waals surface area contributed by atoms with Gasteiger partial charge in [-0.2, -0.15) is 0 Å². The predicted octanol–water partition coefficient (Wildman–Crippen LogP) is 3.50. The fourth-order valence-corrected chi connectivity index (χ4v) is 3.82. The SMILES string of the molecule is CCOC(=O)c1sc(-c2ccccc2)cc1NC(=O)COC(=O)CNC(=O)c1ccccc1. The summed E-state index contributed by atoms with van der Waals surface area (Å²) in [5.74, 6) is -2.38. The number of carbonyl (C=O) groups is 4. The largest absolute Gasteiger partial charge is 0.462 e. The van der Waals surface area contributed by atoms with Gasteiger partial charge in [0.25, 0.3) is 11.8 Å². The molecule has 0 aliphatic heterocycles. The van der Waals surface area contributed by atoms with E-state index in [2.05, 4.69) is 10.6 Å². The highest BCUT2D eigenvalue weighted by Gasteiger charge is 2.20. The summed E-state index contributed by atoms with van der Waals surface area (Å²) in [6.45, 7) is 0.930. The molecule has 0 spiro atoms. The molecule has 2 amide bonds. The first kappa shape index (κ1) is 23.7. The molecule has 33 heavy (non-hydrogen) atoms. The number of amides is 2. The second-order valence-electron chi connectivity index (χ2n) is 6.70. The Morgan fingerprint density at radius 2 is 1.58 bits per heavy atom. The van der Waals surface area contributed by atoms with Crippen molar-refractivity contribution >= 4 is 40.8 Å². The van der Waals surface area contributed by atoms with Crippen LogP contribution in [0.25, 0.3) is 10.4 Å². The van der Waals surface area contributed by atoms with E-state index in [1.807, 2.05) is 30.3 Å². The molecule has 0 saturated carbocycles. The van der Waals surface area contributed by atoms with E-state index in [0.29, 0.717) is 5.56 Å². The van der Waals surface area contributed by atoms with E-state index in [-0.39, 0.29) is 23.7 Å². The van der Waals surface area contributed by atoms with E-state index in [9.17, 15) is 19.2 Å². The summed E-state index contributed by atoms with van der Waals surface area (Å²) in [6, 6.07) is 19.5. The van der Waals surface area contributed by atoms with Gasteiger partial charge < -0.3 is 20.1 Å². The second-order valence-corrected chi connectivity index (χ2v) is 7.75. The number of esters is 2. The highest BCUT2D eigenvalue weighted by Crippen LogP contribution is 2.35. The van der Waals surface area contributed by atoms with Crippen LogP contribution in [0.3, 0.4) is 0 Å². The Hall–Kier alpha value is -3.98. The van der Waals surface area contributed by atoms with Gasteiger partial charge in [-0.1, -0.05) is 48.5 Å². The Balaban J connectivity index is 1.57. The molecule has 0 unspecified atom stereocenters. The van der Waals surface area contributed by atoms with E-state index >= 15 is 0 Å². The molecule has 2 aromatic carbocycles. The van der Waals surface area contributed by atoms with E-state index in [0.717, 1.165) is 10.4 Å². The van der Waals surface area contributed by atoms with Crippen LogP contribution >= 0.6 is 11.3 Å². The van der Waals surface area contributed by atoms with Crippen molar-refractivity contribution < 1.29 is 28.7 Å². The normalized spacial score (nSPS) is 10.2. The van der Waals surface area contributed by atoms with Crippen LogP contribution in [0.1, 0.15) is 27.0 Å². The maximum absolute atomic E-state index is 12.3. The van der Waals surface area contributed by atoms with Gasteiger partial charge in [0.05, 0.1) is 12.3 Å². The molecule has 0 bridgehead atoms. The topological polar surface area (TPSA) is 111 Å². The van der Waals surface area contributed by atoms with Crippen LogP contribution in [-0.4, -0.2) is 43.5 Å². The Morgan fingerprint density at radius 1 is 0.909 bits per heavy atom. The molecule has 0 saturated heterocycles. The van der Waals surface area contributed by atoms with E-state index in [4.69, 9.17) is 9.47 Å². The molecular formula is C24H22N2O6S. The lowest BCUT2D eigenvalue weighted by Gasteiger charge is -2.08. The van der Waals surface area contributed by atoms with E-state index in [1.165, 1.54) is 11.3 Å². The zero-order chi connectivity index (χ0) is 23.6. The van der Waals surface area contributed by atoms with Crippen LogP contribution in [0.5, 0.6) is 0 Å². The first-order valence-corrected chi connectivity index (χ1v) is 10.9. The minimum atomic E-state index is -0.768. The summed E-state index contributed by atoms with van der Waals surface area (Å²) in [4.78, 5) is 49.5. The molecule has 2 N–H and O–H groups in total. The number of benzene rings is 2. The average molecular weight is 467 g/mol. The Morgan fingerprint density at radius 3 is 2.24 bits per heavy atom. The van der Waals surface area contributed by atoms with Crippen molar-refractivity contribution in [2.45, 2.75) is 6.92 Å². The maximum atomic E-state index is 12.3. The van der Waals surface area contributed by atoms with Gasteiger partial charge >= 0.3 is 11.9 Å². The average Bonchev–Trinajstić information content (AvgIpc) is 3.26. The molecule has 0 fully saturated rings. The summed E-state index contributed by atoms with van der Waals surface area (Å²) in [5, 5.41) is 5.02. The Kier molecular flexibility index (Phi) is 8.31. The highest BCUT2D eigenvalue weighted by molar-refractivity contribution is 7.18. The molecule has 0 aliphatic rings. The fraction of sp³-hybridized carbons (Fsp3) is 0.167. The molecule has 9 heteroatoms. The molecule has 0 aliphatic carbocycles. The molecule has 3 rings (SSSR count). The number of nitrogens with one attached hydrogen (secondary N) is 2. The number of thiophene rings is 1. The lowest BCUT2D eigenvalue weighted by molar-refractivity contribution is -0.146. The molecule has 3 aromatic rings. The molecule has 170 valence electrons. The van der Waals surface area contributed by atoms with Crippen molar-refractivity contribution in [3.05, 3.63) is 77.2 Å². The zero-order valence-corrected chi connectivity index (χ0v) is 18.6. The first-order valence-electron chi connectivity index (χ1n) is 10.1. The van der Waals surface area contributed by atoms with Crippen molar-refractivity contribution in [3.63, 3.8) is 0 Å². The van der Waals surface area contributed by atoms with Crippen molar-refractivity contribution in [2.75, 3.05) is 25.1 Å². The van der Waals surface area contributed by atoms with Crippen molar-refractivity contribution in [3.8, 4) is 10.4 Å². The van der Waals surface area contributed by atoms with Gasteiger partial charge in [-0.3, -0.25) is 14.4 Å². The summed E-state index contributed by atoms with van der Waals surface area (Å²) in [6.07, 6.45) is 0. The van der Waals surface area contributed by atoms with Crippen LogP contribution in [-0.2, 0) is 19.1 Å². The van der Waals surface area contributed by atoms with Gasteiger partial charge in [0.15, 0.2) is 6.61 Å². The smallest absolute Gasteiger partial charge is 0.350 e. The third-order valence-electron chi connectivity index (χ3n) is 4.32. The van der Waals surface area contributed by atoms with Crippen LogP contribution in [0, 0.1) is 0 Å². The molecule has 0 atom stereocenters. The summed E-state index contributed by atoms with van der Waals surface area (Å²) in [5.41, 5.74) is 1.56. The van der Waals surface area contributed by atoms with Gasteiger partial charge in [0, 0.05) is 10.4 Å². The van der Waals surface area contributed by atoms with Crippen LogP contribution in [0.4, 0.5) is 5.69 Å². The van der Waals surface area contributed by atoms with Crippen LogP contribution < -0.4 is 10.6 Å². The minimum Gasteiger partial charge on any atom is -0.462 e. The predicted molar refractivity (Wildman–Crippen MR) is 124 cm³/mol. The van der Waals surface area contributed by atoms with Gasteiger partial charge in [0.1, 0.15) is 11.4 Å². The number of hydrogen-bond donors (Lipinski definition) is 2. The standard InChI is InChI=1S/C24H22N2O6S/c1-2-31-24(30)22-18(13-19(33-22)16-9-5-3-6-10-16)26-20(27)15-32-21(28)14-25-23(29)17-11-7-4-8-12-17/h3-13H,2,14-15H2,1H3,(H,25,29)(H,26,27). The number of hydrogen-bond acceptors (Lipinski definition) is 7. The van der Waals surface area contributed by atoms with Gasteiger partial charge in [-0.25, -0.2) is 4.79 Å². The summed E-state index contributed by atoms with van der Waals surface area (Å²) in [7, 11) is 0. The number of anilines is 1. The molecule has 1 heterocycles. The zero-order valence-electron chi connectivity index (χ0n) is 17.8. The number of rotatable bonds is 9. The van der Waals surface area contributed by atoms with Crippen molar-refractivity contribution in [1.82, 2.24) is 5.32 Å². The van der Waals surface area contributed by atoms with Gasteiger partial charge in [-0.05, 0) is 30.7 Å². The molecule has 8 nitrogen and oxygen atoms in total. The molecule has 0 radical (unpaired) electrons. The first-order chi connectivity index (χ1) is 16.0. The van der Waals surface area contributed by atoms with Crippen LogP contribution in [0.2, 0.25) is 0 Å². The van der Waals surface area contributed by atoms with Crippen molar-refractivity contribution in [1.29, 1.82) is 0 Å². The van der Waals surface area contributed by atoms with Gasteiger partial charge in [-0.15, -0.1) is 11.3 Å². The van der Waals surface area contributed by atoms with Crippen LogP contribution in [0.15, 0.2) is 66.7 Å².